The first-order valence-electron chi connectivity index (χ1n) is 4.21. The summed E-state index contributed by atoms with van der Waals surface area (Å²) < 4.78 is 0. The number of hydrogen-bond acceptors (Lipinski definition) is 1. The average molecular weight is 163 g/mol. The van der Waals surface area contributed by atoms with E-state index in [1.54, 1.807) is 0 Å². The van der Waals surface area contributed by atoms with Crippen LogP contribution < -0.4 is 5.73 Å². The first-order chi connectivity index (χ1) is 5.91. The van der Waals surface area contributed by atoms with Crippen molar-refractivity contribution < 1.29 is 0 Å². The van der Waals surface area contributed by atoms with Crippen molar-refractivity contribution in [3.63, 3.8) is 0 Å². The Hall–Kier alpha value is -1.08. The number of hydrogen-bond donors (Lipinski definition) is 1. The summed E-state index contributed by atoms with van der Waals surface area (Å²) in [5.41, 5.74) is 5.26. The Morgan fingerprint density at radius 3 is 2.17 bits per heavy atom. The molecule has 0 saturated carbocycles. The second-order valence-corrected chi connectivity index (χ2v) is 2.28. The van der Waals surface area contributed by atoms with Crippen molar-refractivity contribution in [2.75, 3.05) is 6.54 Å². The minimum absolute atomic E-state index is 0.604. The third-order valence-corrected chi connectivity index (χ3v) is 1.25. The van der Waals surface area contributed by atoms with E-state index in [0.29, 0.717) is 6.54 Å². The van der Waals surface area contributed by atoms with E-state index in [4.69, 9.17) is 5.73 Å². The van der Waals surface area contributed by atoms with Crippen LogP contribution in [0.15, 0.2) is 48.6 Å². The lowest BCUT2D eigenvalue weighted by atomic mass is 10.3. The molecule has 0 aromatic carbocycles. The normalized spacial score (nSPS) is 13.2. The van der Waals surface area contributed by atoms with Crippen LogP contribution in [0.4, 0.5) is 0 Å². The van der Waals surface area contributed by atoms with Gasteiger partial charge < -0.3 is 5.73 Å². The van der Waals surface area contributed by atoms with E-state index >= 15 is 0 Å². The summed E-state index contributed by atoms with van der Waals surface area (Å²) >= 11 is 0. The predicted octanol–water partition coefficient (Wildman–Crippen LogP) is 2.58. The summed E-state index contributed by atoms with van der Waals surface area (Å²) in [5.74, 6) is 0. The molecule has 0 aliphatic rings. The largest absolute Gasteiger partial charge is 0.327 e. The van der Waals surface area contributed by atoms with E-state index < -0.39 is 0 Å². The summed E-state index contributed by atoms with van der Waals surface area (Å²) in [6.45, 7) is 2.63. The predicted molar refractivity (Wildman–Crippen MR) is 55.9 cm³/mol. The van der Waals surface area contributed by atoms with Gasteiger partial charge in [0.2, 0.25) is 0 Å². The molecule has 0 rings (SSSR count). The standard InChI is InChI=1S/C11H17N/c1-2-3-4-5-6-7-8-9-10-11-12/h2-3,5-10H,4,11-12H2,1H3. The second-order valence-electron chi connectivity index (χ2n) is 2.28. The molecule has 66 valence electrons. The van der Waals surface area contributed by atoms with Gasteiger partial charge in [-0.15, -0.1) is 0 Å². The van der Waals surface area contributed by atoms with Crippen LogP contribution in [0.3, 0.4) is 0 Å². The highest BCUT2D eigenvalue weighted by Gasteiger charge is 1.66. The molecule has 0 radical (unpaired) electrons. The summed E-state index contributed by atoms with van der Waals surface area (Å²) in [4.78, 5) is 0. The molecule has 0 fully saturated rings. The summed E-state index contributed by atoms with van der Waals surface area (Å²) in [6.07, 6.45) is 17.1. The Morgan fingerprint density at radius 2 is 1.58 bits per heavy atom. The van der Waals surface area contributed by atoms with Gasteiger partial charge >= 0.3 is 0 Å². The Kier molecular flexibility index (Phi) is 9.03. The van der Waals surface area contributed by atoms with Crippen molar-refractivity contribution >= 4 is 0 Å². The Labute approximate surface area is 75.0 Å². The van der Waals surface area contributed by atoms with Crippen molar-refractivity contribution in [3.05, 3.63) is 48.6 Å². The highest BCUT2D eigenvalue weighted by Crippen LogP contribution is 1.86. The van der Waals surface area contributed by atoms with Gasteiger partial charge in [-0.1, -0.05) is 48.6 Å². The molecule has 0 unspecified atom stereocenters. The maximum Gasteiger partial charge on any atom is 0.0109 e. The van der Waals surface area contributed by atoms with Gasteiger partial charge in [0.05, 0.1) is 0 Å². The fourth-order valence-electron chi connectivity index (χ4n) is 0.657. The van der Waals surface area contributed by atoms with E-state index in [0.717, 1.165) is 6.42 Å². The van der Waals surface area contributed by atoms with Gasteiger partial charge in [0.15, 0.2) is 0 Å². The van der Waals surface area contributed by atoms with Crippen LogP contribution >= 0.6 is 0 Å². The van der Waals surface area contributed by atoms with Gasteiger partial charge in [0.1, 0.15) is 0 Å². The molecule has 0 bridgehead atoms. The second kappa shape index (κ2) is 9.92. The molecule has 0 aliphatic carbocycles. The molecular weight excluding hydrogens is 146 g/mol. The third kappa shape index (κ3) is 8.92. The van der Waals surface area contributed by atoms with Gasteiger partial charge in [0.25, 0.3) is 0 Å². The van der Waals surface area contributed by atoms with Crippen LogP contribution in [0, 0.1) is 0 Å². The van der Waals surface area contributed by atoms with E-state index in [9.17, 15) is 0 Å². The molecule has 0 amide bonds. The van der Waals surface area contributed by atoms with Crippen LogP contribution in [-0.2, 0) is 0 Å². The zero-order chi connectivity index (χ0) is 9.07. The van der Waals surface area contributed by atoms with E-state index in [-0.39, 0.29) is 0 Å². The molecule has 1 heteroatoms. The van der Waals surface area contributed by atoms with Gasteiger partial charge in [-0.2, -0.15) is 0 Å². The molecule has 2 N–H and O–H groups in total. The SMILES string of the molecule is CC=CCC=CC=CC=CCN. The molecule has 0 atom stereocenters. The van der Waals surface area contributed by atoms with Crippen LogP contribution in [0.5, 0.6) is 0 Å². The van der Waals surface area contributed by atoms with E-state index in [1.807, 2.05) is 43.4 Å². The van der Waals surface area contributed by atoms with Crippen molar-refractivity contribution in [2.45, 2.75) is 13.3 Å². The Balaban J connectivity index is 3.45. The van der Waals surface area contributed by atoms with Crippen molar-refractivity contribution in [2.24, 2.45) is 5.73 Å². The highest BCUT2D eigenvalue weighted by atomic mass is 14.5. The molecule has 0 aromatic rings. The molecule has 0 aromatic heterocycles. The van der Waals surface area contributed by atoms with Crippen molar-refractivity contribution in [1.82, 2.24) is 0 Å². The van der Waals surface area contributed by atoms with Gasteiger partial charge in [0, 0.05) is 6.54 Å². The maximum atomic E-state index is 5.26. The third-order valence-electron chi connectivity index (χ3n) is 1.25. The number of allylic oxidation sites excluding steroid dienone is 7. The Bertz CT molecular complexity index is 185. The molecule has 0 aliphatic heterocycles. The fraction of sp³-hybridized carbons (Fsp3) is 0.273. The first kappa shape index (κ1) is 10.9. The zero-order valence-corrected chi connectivity index (χ0v) is 7.61. The quantitative estimate of drug-likeness (QED) is 0.489. The van der Waals surface area contributed by atoms with E-state index in [1.165, 1.54) is 0 Å². The highest BCUT2D eigenvalue weighted by molar-refractivity contribution is 5.11. The molecular formula is C11H17N. The van der Waals surface area contributed by atoms with Crippen molar-refractivity contribution in [3.8, 4) is 0 Å². The number of rotatable bonds is 5. The summed E-state index contributed by atoms with van der Waals surface area (Å²) in [7, 11) is 0. The van der Waals surface area contributed by atoms with Crippen molar-refractivity contribution in [1.29, 1.82) is 0 Å². The van der Waals surface area contributed by atoms with Gasteiger partial charge in [-0.3, -0.25) is 0 Å². The molecule has 0 spiro atoms. The van der Waals surface area contributed by atoms with Gasteiger partial charge in [-0.25, -0.2) is 0 Å². The number of nitrogens with two attached hydrogens (primary N) is 1. The van der Waals surface area contributed by atoms with Crippen LogP contribution in [0.1, 0.15) is 13.3 Å². The summed E-state index contributed by atoms with van der Waals surface area (Å²) in [6, 6.07) is 0. The van der Waals surface area contributed by atoms with Crippen LogP contribution in [0.2, 0.25) is 0 Å². The fourth-order valence-corrected chi connectivity index (χ4v) is 0.657. The lowest BCUT2D eigenvalue weighted by Crippen LogP contribution is -1.91. The molecule has 0 saturated heterocycles. The minimum atomic E-state index is 0.604. The monoisotopic (exact) mass is 163 g/mol. The first-order valence-corrected chi connectivity index (χ1v) is 4.21. The lowest BCUT2D eigenvalue weighted by Gasteiger charge is -1.77. The topological polar surface area (TPSA) is 26.0 Å². The van der Waals surface area contributed by atoms with Crippen LogP contribution in [-0.4, -0.2) is 6.54 Å². The molecule has 12 heavy (non-hydrogen) atoms. The lowest BCUT2D eigenvalue weighted by molar-refractivity contribution is 1.25. The Morgan fingerprint density at radius 1 is 0.917 bits per heavy atom. The average Bonchev–Trinajstić information content (AvgIpc) is 2.10. The summed E-state index contributed by atoms with van der Waals surface area (Å²) in [5, 5.41) is 0. The van der Waals surface area contributed by atoms with E-state index in [2.05, 4.69) is 12.2 Å². The van der Waals surface area contributed by atoms with Gasteiger partial charge in [-0.05, 0) is 13.3 Å². The molecule has 0 heterocycles. The smallest absolute Gasteiger partial charge is 0.0109 e. The zero-order valence-electron chi connectivity index (χ0n) is 7.61. The van der Waals surface area contributed by atoms with Crippen LogP contribution in [0.25, 0.3) is 0 Å². The molecule has 1 nitrogen and oxygen atoms in total. The minimum Gasteiger partial charge on any atom is -0.327 e. The maximum absolute atomic E-state index is 5.26.